The number of hydrogen-bond acceptors (Lipinski definition) is 4. The fourth-order valence-electron chi connectivity index (χ4n) is 1.50. The molecule has 1 aromatic heterocycles. The lowest BCUT2D eigenvalue weighted by Gasteiger charge is -2.18. The SMILES string of the molecule is Nc1nc(C(F)(F)F)nc2c1CNCC2. The van der Waals surface area contributed by atoms with E-state index in [9.17, 15) is 13.2 Å². The Morgan fingerprint density at radius 1 is 1.27 bits per heavy atom. The largest absolute Gasteiger partial charge is 0.451 e. The molecular formula is C8H9F3N4. The second-order valence-electron chi connectivity index (χ2n) is 3.28. The lowest BCUT2D eigenvalue weighted by molar-refractivity contribution is -0.145. The van der Waals surface area contributed by atoms with Gasteiger partial charge in [0.05, 0.1) is 5.69 Å². The minimum Gasteiger partial charge on any atom is -0.383 e. The molecule has 0 saturated heterocycles. The maximum absolute atomic E-state index is 12.3. The van der Waals surface area contributed by atoms with Crippen LogP contribution in [0.3, 0.4) is 0 Å². The average Bonchev–Trinajstić information content (AvgIpc) is 2.16. The third kappa shape index (κ3) is 1.87. The smallest absolute Gasteiger partial charge is 0.383 e. The molecular weight excluding hydrogens is 209 g/mol. The first-order chi connectivity index (χ1) is 6.98. The van der Waals surface area contributed by atoms with Crippen LogP contribution in [0.2, 0.25) is 0 Å². The summed E-state index contributed by atoms with van der Waals surface area (Å²) >= 11 is 0. The number of rotatable bonds is 0. The predicted molar refractivity (Wildman–Crippen MR) is 46.9 cm³/mol. The summed E-state index contributed by atoms with van der Waals surface area (Å²) in [6.07, 6.45) is -4.08. The molecule has 0 spiro atoms. The van der Waals surface area contributed by atoms with Crippen LogP contribution < -0.4 is 11.1 Å². The Kier molecular flexibility index (Phi) is 2.26. The number of alkyl halides is 3. The Hall–Kier alpha value is -1.37. The Labute approximate surface area is 83.7 Å². The fourth-order valence-corrected chi connectivity index (χ4v) is 1.50. The summed E-state index contributed by atoms with van der Waals surface area (Å²) in [6.45, 7) is 1.04. The van der Waals surface area contributed by atoms with Crippen LogP contribution in [0.4, 0.5) is 19.0 Å². The molecule has 0 radical (unpaired) electrons. The van der Waals surface area contributed by atoms with Crippen molar-refractivity contribution in [2.75, 3.05) is 12.3 Å². The Morgan fingerprint density at radius 2 is 2.00 bits per heavy atom. The summed E-state index contributed by atoms with van der Waals surface area (Å²) in [6, 6.07) is 0. The third-order valence-electron chi connectivity index (χ3n) is 2.22. The standard InChI is InChI=1S/C8H9F3N4/c9-8(10,11)7-14-5-1-2-13-3-4(5)6(12)15-7/h13H,1-3H2,(H2,12,14,15). The van der Waals surface area contributed by atoms with Crippen LogP contribution in [-0.2, 0) is 19.1 Å². The van der Waals surface area contributed by atoms with Crippen molar-refractivity contribution < 1.29 is 13.2 Å². The lowest BCUT2D eigenvalue weighted by atomic mass is 10.1. The summed E-state index contributed by atoms with van der Waals surface area (Å²) in [7, 11) is 0. The number of nitrogens with two attached hydrogens (primary N) is 1. The molecule has 1 aliphatic heterocycles. The minimum atomic E-state index is -4.53. The number of nitrogen functional groups attached to an aromatic ring is 1. The maximum Gasteiger partial charge on any atom is 0.451 e. The second kappa shape index (κ2) is 3.34. The molecule has 0 aliphatic carbocycles. The van der Waals surface area contributed by atoms with E-state index in [-0.39, 0.29) is 5.82 Å². The molecule has 1 aromatic rings. The first kappa shape index (κ1) is 10.2. The molecule has 0 aromatic carbocycles. The van der Waals surface area contributed by atoms with Gasteiger partial charge in [-0.3, -0.25) is 0 Å². The van der Waals surface area contributed by atoms with Gasteiger partial charge in [0, 0.05) is 25.1 Å². The maximum atomic E-state index is 12.3. The number of halogens is 3. The third-order valence-corrected chi connectivity index (χ3v) is 2.22. The molecule has 7 heteroatoms. The quantitative estimate of drug-likeness (QED) is 0.673. The Morgan fingerprint density at radius 3 is 2.67 bits per heavy atom. The van der Waals surface area contributed by atoms with Crippen molar-refractivity contribution in [3.05, 3.63) is 17.1 Å². The number of nitrogens with one attached hydrogen (secondary N) is 1. The van der Waals surface area contributed by atoms with Crippen LogP contribution >= 0.6 is 0 Å². The minimum absolute atomic E-state index is 0.0838. The van der Waals surface area contributed by atoms with Crippen molar-refractivity contribution in [2.45, 2.75) is 19.1 Å². The van der Waals surface area contributed by atoms with E-state index in [0.717, 1.165) is 0 Å². The van der Waals surface area contributed by atoms with Crippen LogP contribution in [0.15, 0.2) is 0 Å². The molecule has 1 aliphatic rings. The Bertz CT molecular complexity index is 388. The Balaban J connectivity index is 2.50. The zero-order chi connectivity index (χ0) is 11.1. The number of aromatic nitrogens is 2. The van der Waals surface area contributed by atoms with Crippen molar-refractivity contribution >= 4 is 5.82 Å². The van der Waals surface area contributed by atoms with E-state index < -0.39 is 12.0 Å². The molecule has 2 rings (SSSR count). The molecule has 0 unspecified atom stereocenters. The number of fused-ring (bicyclic) bond motifs is 1. The van der Waals surface area contributed by atoms with Crippen molar-refractivity contribution in [3.63, 3.8) is 0 Å². The van der Waals surface area contributed by atoms with Gasteiger partial charge < -0.3 is 11.1 Å². The van der Waals surface area contributed by atoms with Crippen molar-refractivity contribution in [1.29, 1.82) is 0 Å². The van der Waals surface area contributed by atoms with Crippen molar-refractivity contribution in [3.8, 4) is 0 Å². The van der Waals surface area contributed by atoms with Gasteiger partial charge in [-0.15, -0.1) is 0 Å². The summed E-state index contributed by atoms with van der Waals surface area (Å²) < 4.78 is 37.0. The van der Waals surface area contributed by atoms with Gasteiger partial charge in [-0.2, -0.15) is 13.2 Å². The van der Waals surface area contributed by atoms with E-state index >= 15 is 0 Å². The van der Waals surface area contributed by atoms with Crippen molar-refractivity contribution in [2.24, 2.45) is 0 Å². The second-order valence-corrected chi connectivity index (χ2v) is 3.28. The molecule has 3 N–H and O–H groups in total. The predicted octanol–water partition coefficient (Wildman–Crippen LogP) is 0.723. The van der Waals surface area contributed by atoms with E-state index in [0.29, 0.717) is 30.8 Å². The van der Waals surface area contributed by atoms with Crippen LogP contribution in [0.1, 0.15) is 17.1 Å². The highest BCUT2D eigenvalue weighted by molar-refractivity contribution is 5.43. The van der Waals surface area contributed by atoms with Gasteiger partial charge in [0.15, 0.2) is 0 Å². The van der Waals surface area contributed by atoms with Crippen molar-refractivity contribution in [1.82, 2.24) is 15.3 Å². The monoisotopic (exact) mass is 218 g/mol. The summed E-state index contributed by atoms with van der Waals surface area (Å²) in [4.78, 5) is 6.75. The molecule has 15 heavy (non-hydrogen) atoms. The average molecular weight is 218 g/mol. The topological polar surface area (TPSA) is 63.8 Å². The highest BCUT2D eigenvalue weighted by Crippen LogP contribution is 2.28. The van der Waals surface area contributed by atoms with Gasteiger partial charge in [0.2, 0.25) is 5.82 Å². The highest BCUT2D eigenvalue weighted by Gasteiger charge is 2.36. The fraction of sp³-hybridized carbons (Fsp3) is 0.500. The molecule has 0 fully saturated rings. The van der Waals surface area contributed by atoms with Gasteiger partial charge in [-0.1, -0.05) is 0 Å². The first-order valence-corrected chi connectivity index (χ1v) is 4.41. The van der Waals surface area contributed by atoms with Gasteiger partial charge in [-0.25, -0.2) is 9.97 Å². The number of nitrogens with zero attached hydrogens (tertiary/aromatic N) is 2. The number of anilines is 1. The van der Waals surface area contributed by atoms with Crippen LogP contribution in [-0.4, -0.2) is 16.5 Å². The van der Waals surface area contributed by atoms with Gasteiger partial charge in [0.1, 0.15) is 5.82 Å². The van der Waals surface area contributed by atoms with E-state index in [1.807, 2.05) is 0 Å². The van der Waals surface area contributed by atoms with Crippen LogP contribution in [0, 0.1) is 0 Å². The summed E-state index contributed by atoms with van der Waals surface area (Å²) in [5.74, 6) is -1.24. The molecule has 2 heterocycles. The molecule has 0 atom stereocenters. The molecule has 4 nitrogen and oxygen atoms in total. The normalized spacial score (nSPS) is 16.2. The summed E-state index contributed by atoms with van der Waals surface area (Å²) in [5, 5.41) is 3.00. The molecule has 0 amide bonds. The van der Waals surface area contributed by atoms with Gasteiger partial charge in [-0.05, 0) is 0 Å². The van der Waals surface area contributed by atoms with Crippen LogP contribution in [0.25, 0.3) is 0 Å². The van der Waals surface area contributed by atoms with Crippen LogP contribution in [0.5, 0.6) is 0 Å². The van der Waals surface area contributed by atoms with Gasteiger partial charge in [0.25, 0.3) is 0 Å². The van der Waals surface area contributed by atoms with E-state index in [2.05, 4.69) is 15.3 Å². The highest BCUT2D eigenvalue weighted by atomic mass is 19.4. The van der Waals surface area contributed by atoms with E-state index in [4.69, 9.17) is 5.73 Å². The van der Waals surface area contributed by atoms with E-state index in [1.54, 1.807) is 0 Å². The summed E-state index contributed by atoms with van der Waals surface area (Å²) in [5.41, 5.74) is 6.42. The number of hydrogen-bond donors (Lipinski definition) is 2. The zero-order valence-electron chi connectivity index (χ0n) is 7.73. The van der Waals surface area contributed by atoms with Gasteiger partial charge >= 0.3 is 6.18 Å². The van der Waals surface area contributed by atoms with E-state index in [1.165, 1.54) is 0 Å². The zero-order valence-corrected chi connectivity index (χ0v) is 7.73. The first-order valence-electron chi connectivity index (χ1n) is 4.41. The lowest BCUT2D eigenvalue weighted by Crippen LogP contribution is -2.28. The molecule has 0 bridgehead atoms. The molecule has 0 saturated carbocycles. The molecule has 82 valence electrons.